The van der Waals surface area contributed by atoms with Crippen LogP contribution in [-0.2, 0) is 11.3 Å². The van der Waals surface area contributed by atoms with E-state index in [0.717, 1.165) is 50.2 Å². The average molecular weight is 445 g/mol. The van der Waals surface area contributed by atoms with Gasteiger partial charge in [-0.1, -0.05) is 37.3 Å². The molecule has 2 aliphatic heterocycles. The van der Waals surface area contributed by atoms with Gasteiger partial charge < -0.3 is 4.90 Å². The van der Waals surface area contributed by atoms with Crippen LogP contribution in [0.1, 0.15) is 62.6 Å². The number of hydrogen-bond acceptors (Lipinski definition) is 6. The monoisotopic (exact) mass is 444 g/mol. The number of carbonyl (C=O) groups excluding carboxylic acids is 1. The second-order valence-corrected chi connectivity index (χ2v) is 9.31. The van der Waals surface area contributed by atoms with Crippen LogP contribution in [-0.4, -0.2) is 39.3 Å². The highest BCUT2D eigenvalue weighted by Crippen LogP contribution is 2.36. The van der Waals surface area contributed by atoms with Crippen molar-refractivity contribution in [3.8, 4) is 6.07 Å². The zero-order chi connectivity index (χ0) is 21.8. The summed E-state index contributed by atoms with van der Waals surface area (Å²) in [4.78, 5) is 30.4. The predicted molar refractivity (Wildman–Crippen MR) is 127 cm³/mol. The van der Waals surface area contributed by atoms with E-state index in [0.29, 0.717) is 27.9 Å². The predicted octanol–water partition coefficient (Wildman–Crippen LogP) is 4.04. The fraction of sp³-hybridized carbons (Fsp3) is 0.545. The van der Waals surface area contributed by atoms with Crippen LogP contribution in [0.3, 0.4) is 0 Å². The third-order valence-corrected chi connectivity index (χ3v) is 7.08. The number of hydrogen-bond donors (Lipinski definition) is 0. The van der Waals surface area contributed by atoms with Crippen molar-refractivity contribution in [3.05, 3.63) is 31.9 Å². The molecular formula is C22H28N4O2S2. The van der Waals surface area contributed by atoms with E-state index >= 15 is 0 Å². The minimum Gasteiger partial charge on any atom is -0.357 e. The van der Waals surface area contributed by atoms with Crippen molar-refractivity contribution in [1.29, 1.82) is 5.26 Å². The van der Waals surface area contributed by atoms with Crippen molar-refractivity contribution in [2.45, 2.75) is 59.4 Å². The van der Waals surface area contributed by atoms with Gasteiger partial charge in [-0.25, -0.2) is 0 Å². The fourth-order valence-electron chi connectivity index (χ4n) is 4.02. The zero-order valence-electron chi connectivity index (χ0n) is 17.9. The Labute approximate surface area is 187 Å². The minimum absolute atomic E-state index is 0.0878. The van der Waals surface area contributed by atoms with Crippen LogP contribution in [0.25, 0.3) is 6.08 Å². The Morgan fingerprint density at radius 3 is 2.50 bits per heavy atom. The van der Waals surface area contributed by atoms with Crippen LogP contribution < -0.4 is 10.5 Å². The maximum atomic E-state index is 13.0. The Morgan fingerprint density at radius 1 is 1.20 bits per heavy atom. The van der Waals surface area contributed by atoms with E-state index in [2.05, 4.69) is 17.9 Å². The summed E-state index contributed by atoms with van der Waals surface area (Å²) in [5.41, 5.74) is 1.30. The molecule has 2 fully saturated rings. The Bertz CT molecular complexity index is 984. The van der Waals surface area contributed by atoms with Crippen molar-refractivity contribution in [2.24, 2.45) is 0 Å². The smallest absolute Gasteiger partial charge is 0.270 e. The Morgan fingerprint density at radius 2 is 1.90 bits per heavy atom. The third kappa shape index (κ3) is 4.19. The van der Waals surface area contributed by atoms with Crippen molar-refractivity contribution < 1.29 is 4.79 Å². The van der Waals surface area contributed by atoms with Gasteiger partial charge in [-0.3, -0.25) is 19.1 Å². The van der Waals surface area contributed by atoms with Gasteiger partial charge in [0.15, 0.2) is 0 Å². The van der Waals surface area contributed by atoms with E-state index in [4.69, 9.17) is 12.2 Å². The largest absolute Gasteiger partial charge is 0.357 e. The molecule has 3 rings (SSSR count). The molecule has 0 N–H and O–H groups in total. The van der Waals surface area contributed by atoms with Crippen LogP contribution >= 0.6 is 24.0 Å². The van der Waals surface area contributed by atoms with Gasteiger partial charge in [-0.15, -0.1) is 0 Å². The van der Waals surface area contributed by atoms with Crippen molar-refractivity contribution in [2.75, 3.05) is 24.5 Å². The van der Waals surface area contributed by atoms with Gasteiger partial charge in [0.05, 0.1) is 4.91 Å². The highest BCUT2D eigenvalue weighted by atomic mass is 32.2. The molecule has 2 saturated heterocycles. The lowest BCUT2D eigenvalue weighted by Gasteiger charge is -2.33. The molecule has 1 aromatic rings. The molecule has 8 heteroatoms. The molecule has 0 saturated carbocycles. The fourth-order valence-corrected chi connectivity index (χ4v) is 5.31. The number of unbranched alkanes of at least 4 members (excludes halogenated alkanes) is 1. The average Bonchev–Trinajstić information content (AvgIpc) is 3.01. The molecule has 6 nitrogen and oxygen atoms in total. The summed E-state index contributed by atoms with van der Waals surface area (Å²) in [6, 6.07) is 2.08. The first-order chi connectivity index (χ1) is 14.4. The van der Waals surface area contributed by atoms with Gasteiger partial charge in [-0.2, -0.15) is 5.26 Å². The quantitative estimate of drug-likeness (QED) is 0.487. The van der Waals surface area contributed by atoms with Crippen molar-refractivity contribution >= 4 is 46.1 Å². The molecule has 3 heterocycles. The van der Waals surface area contributed by atoms with Crippen LogP contribution in [0.5, 0.6) is 0 Å². The van der Waals surface area contributed by atoms with Gasteiger partial charge in [0.2, 0.25) is 0 Å². The summed E-state index contributed by atoms with van der Waals surface area (Å²) in [5.74, 6) is 0.729. The number of rotatable bonds is 6. The lowest BCUT2D eigenvalue weighted by atomic mass is 10.0. The Kier molecular flexibility index (Phi) is 7.37. The summed E-state index contributed by atoms with van der Waals surface area (Å²) in [5, 5.41) is 9.64. The number of amides is 1. The molecule has 0 aromatic carbocycles. The Hall–Kier alpha value is -2.11. The third-order valence-electron chi connectivity index (χ3n) is 5.70. The number of nitriles is 1. The van der Waals surface area contributed by atoms with Gasteiger partial charge in [0.25, 0.3) is 11.5 Å². The molecule has 2 aliphatic rings. The summed E-state index contributed by atoms with van der Waals surface area (Å²) in [6.45, 7) is 8.62. The van der Waals surface area contributed by atoms with E-state index < -0.39 is 0 Å². The molecule has 0 aliphatic carbocycles. The number of piperidine rings is 1. The second-order valence-electron chi connectivity index (χ2n) is 7.63. The number of thioether (sulfide) groups is 1. The highest BCUT2D eigenvalue weighted by molar-refractivity contribution is 8.26. The molecule has 1 amide bonds. The zero-order valence-corrected chi connectivity index (χ0v) is 19.5. The van der Waals surface area contributed by atoms with Gasteiger partial charge >= 0.3 is 0 Å². The molecule has 0 radical (unpaired) electrons. The highest BCUT2D eigenvalue weighted by Gasteiger charge is 2.33. The number of aromatic nitrogens is 1. The molecule has 0 spiro atoms. The van der Waals surface area contributed by atoms with E-state index in [1.54, 1.807) is 16.4 Å². The number of anilines is 1. The van der Waals surface area contributed by atoms with Crippen LogP contribution in [0.15, 0.2) is 9.70 Å². The van der Waals surface area contributed by atoms with Crippen LogP contribution in [0, 0.1) is 18.3 Å². The standard InChI is InChI=1S/C22H28N4O2S2/c1-4-6-12-26-21(28)18(30-22(26)29)13-16-15(3)17(14-23)20(27)25(5-2)19(16)24-10-8-7-9-11-24/h13H,4-12H2,1-3H3. The van der Waals surface area contributed by atoms with Crippen molar-refractivity contribution in [1.82, 2.24) is 9.47 Å². The maximum absolute atomic E-state index is 13.0. The summed E-state index contributed by atoms with van der Waals surface area (Å²) >= 11 is 6.74. The van der Waals surface area contributed by atoms with Crippen molar-refractivity contribution in [3.63, 3.8) is 0 Å². The van der Waals surface area contributed by atoms with Gasteiger partial charge in [0, 0.05) is 31.7 Å². The second kappa shape index (κ2) is 9.80. The van der Waals surface area contributed by atoms with Crippen LogP contribution in [0.2, 0.25) is 0 Å². The first-order valence-electron chi connectivity index (χ1n) is 10.6. The summed E-state index contributed by atoms with van der Waals surface area (Å²) in [7, 11) is 0. The maximum Gasteiger partial charge on any atom is 0.270 e. The topological polar surface area (TPSA) is 69.3 Å². The number of nitrogens with zero attached hydrogens (tertiary/aromatic N) is 4. The SMILES string of the molecule is CCCCN1C(=O)C(=Cc2c(C)c(C#N)c(=O)n(CC)c2N2CCCCC2)SC1=S. The van der Waals surface area contributed by atoms with Crippen LogP contribution in [0.4, 0.5) is 5.82 Å². The van der Waals surface area contributed by atoms with E-state index in [9.17, 15) is 14.9 Å². The first-order valence-corrected chi connectivity index (χ1v) is 11.8. The number of pyridine rings is 1. The Balaban J connectivity index is 2.17. The number of thiocarbonyl (C=S) groups is 1. The molecule has 160 valence electrons. The first kappa shape index (κ1) is 22.6. The molecule has 0 atom stereocenters. The number of carbonyl (C=O) groups is 1. The summed E-state index contributed by atoms with van der Waals surface area (Å²) < 4.78 is 2.25. The lowest BCUT2D eigenvalue weighted by molar-refractivity contribution is -0.122. The minimum atomic E-state index is -0.259. The van der Waals surface area contributed by atoms with E-state index in [-0.39, 0.29) is 17.0 Å². The van der Waals surface area contributed by atoms with Gasteiger partial charge in [-0.05, 0) is 51.2 Å². The molecule has 30 heavy (non-hydrogen) atoms. The van der Waals surface area contributed by atoms with Gasteiger partial charge in [0.1, 0.15) is 21.8 Å². The van der Waals surface area contributed by atoms with E-state index in [1.807, 2.05) is 13.0 Å². The normalized spacial score (nSPS) is 18.4. The molecule has 1 aromatic heterocycles. The summed E-state index contributed by atoms with van der Waals surface area (Å²) in [6.07, 6.45) is 7.04. The molecule has 0 unspecified atom stereocenters. The van der Waals surface area contributed by atoms with E-state index in [1.165, 1.54) is 18.2 Å². The molecule has 0 bridgehead atoms. The lowest BCUT2D eigenvalue weighted by Crippen LogP contribution is -2.37. The molecular weight excluding hydrogens is 416 g/mol.